The fraction of sp³-hybridized carbons (Fsp3) is 0.368. The minimum Gasteiger partial charge on any atom is -0.313 e. The molecule has 2 aromatic rings. The van der Waals surface area contributed by atoms with Crippen molar-refractivity contribution in [3.63, 3.8) is 0 Å². The fourth-order valence-electron chi connectivity index (χ4n) is 2.60. The summed E-state index contributed by atoms with van der Waals surface area (Å²) < 4.78 is 0. The molecule has 20 heavy (non-hydrogen) atoms. The summed E-state index contributed by atoms with van der Waals surface area (Å²) in [5.74, 6) is 1.06. The number of hydrogen-bond donors (Lipinski definition) is 1. The average molecular weight is 265 g/mol. The normalized spacial score (nSPS) is 14.4. The summed E-state index contributed by atoms with van der Waals surface area (Å²) in [7, 11) is 0. The number of benzene rings is 2. The monoisotopic (exact) mass is 265 g/mol. The first-order valence-electron chi connectivity index (χ1n) is 7.77. The second-order valence-corrected chi connectivity index (χ2v) is 5.83. The maximum absolute atomic E-state index is 3.54. The summed E-state index contributed by atoms with van der Waals surface area (Å²) in [6, 6.07) is 19.5. The van der Waals surface area contributed by atoms with Gasteiger partial charge in [0.2, 0.25) is 0 Å². The van der Waals surface area contributed by atoms with E-state index in [2.05, 4.69) is 59.9 Å². The minimum absolute atomic E-state index is 0.986. The van der Waals surface area contributed by atoms with Crippen molar-refractivity contribution < 1.29 is 0 Å². The summed E-state index contributed by atoms with van der Waals surface area (Å²) >= 11 is 0. The lowest BCUT2D eigenvalue weighted by atomic mass is 10.0. The predicted octanol–water partition coefficient (Wildman–Crippen LogP) is 4.63. The van der Waals surface area contributed by atoms with Gasteiger partial charge in [-0.1, -0.05) is 67.4 Å². The first-order chi connectivity index (χ1) is 9.92. The zero-order valence-electron chi connectivity index (χ0n) is 12.0. The molecule has 104 valence electrons. The highest BCUT2D eigenvalue weighted by Gasteiger charge is 2.19. The van der Waals surface area contributed by atoms with Crippen LogP contribution in [-0.2, 0) is 6.54 Å². The van der Waals surface area contributed by atoms with Crippen molar-refractivity contribution in [3.8, 4) is 11.1 Å². The van der Waals surface area contributed by atoms with E-state index in [1.54, 1.807) is 0 Å². The van der Waals surface area contributed by atoms with Gasteiger partial charge < -0.3 is 5.32 Å². The van der Waals surface area contributed by atoms with E-state index in [1.165, 1.54) is 42.4 Å². The number of rotatable bonds is 7. The minimum atomic E-state index is 0.986. The zero-order valence-corrected chi connectivity index (χ0v) is 12.0. The first-order valence-corrected chi connectivity index (χ1v) is 7.77. The molecule has 0 spiro atoms. The molecule has 0 bridgehead atoms. The van der Waals surface area contributed by atoms with Crippen molar-refractivity contribution in [1.82, 2.24) is 5.32 Å². The summed E-state index contributed by atoms with van der Waals surface area (Å²) in [6.45, 7) is 2.14. The van der Waals surface area contributed by atoms with Crippen LogP contribution in [0.5, 0.6) is 0 Å². The molecule has 0 saturated heterocycles. The molecule has 0 heterocycles. The Morgan fingerprint density at radius 1 is 0.850 bits per heavy atom. The van der Waals surface area contributed by atoms with Crippen LogP contribution in [0.25, 0.3) is 11.1 Å². The molecule has 3 rings (SSSR count). The molecule has 1 aliphatic rings. The molecule has 1 fully saturated rings. The third-order valence-electron chi connectivity index (χ3n) is 4.05. The van der Waals surface area contributed by atoms with E-state index in [0.717, 1.165) is 19.0 Å². The highest BCUT2D eigenvalue weighted by molar-refractivity contribution is 5.63. The third-order valence-corrected chi connectivity index (χ3v) is 4.05. The quantitative estimate of drug-likeness (QED) is 0.719. The van der Waals surface area contributed by atoms with E-state index in [-0.39, 0.29) is 0 Å². The molecule has 0 unspecified atom stereocenters. The zero-order chi connectivity index (χ0) is 13.6. The highest BCUT2D eigenvalue weighted by Crippen LogP contribution is 2.33. The van der Waals surface area contributed by atoms with Gasteiger partial charge in [0.25, 0.3) is 0 Å². The van der Waals surface area contributed by atoms with Gasteiger partial charge in [-0.05, 0) is 42.0 Å². The molecule has 1 heteroatoms. The van der Waals surface area contributed by atoms with Gasteiger partial charge >= 0.3 is 0 Å². The van der Waals surface area contributed by atoms with E-state index in [9.17, 15) is 0 Å². The summed E-state index contributed by atoms with van der Waals surface area (Å²) in [5.41, 5.74) is 3.95. The SMILES string of the molecule is c1ccc(-c2ccc(CNCCCC3CC3)cc2)cc1. The van der Waals surface area contributed by atoms with Gasteiger partial charge in [0.1, 0.15) is 0 Å². The summed E-state index contributed by atoms with van der Waals surface area (Å²) in [4.78, 5) is 0. The Labute approximate surface area is 122 Å². The second-order valence-electron chi connectivity index (χ2n) is 5.83. The molecular weight excluding hydrogens is 242 g/mol. The van der Waals surface area contributed by atoms with Crippen molar-refractivity contribution in [1.29, 1.82) is 0 Å². The molecule has 0 aromatic heterocycles. The first kappa shape index (κ1) is 13.4. The molecule has 2 aromatic carbocycles. The fourth-order valence-corrected chi connectivity index (χ4v) is 2.60. The number of hydrogen-bond acceptors (Lipinski definition) is 1. The van der Waals surface area contributed by atoms with Crippen molar-refractivity contribution in [3.05, 3.63) is 60.2 Å². The van der Waals surface area contributed by atoms with Crippen LogP contribution in [0.1, 0.15) is 31.2 Å². The van der Waals surface area contributed by atoms with Crippen molar-refractivity contribution in [2.24, 2.45) is 5.92 Å². The molecule has 0 aliphatic heterocycles. The highest BCUT2D eigenvalue weighted by atomic mass is 14.8. The molecule has 1 nitrogen and oxygen atoms in total. The summed E-state index contributed by atoms with van der Waals surface area (Å²) in [6.07, 6.45) is 5.69. The van der Waals surface area contributed by atoms with Crippen molar-refractivity contribution >= 4 is 0 Å². The van der Waals surface area contributed by atoms with E-state index in [1.807, 2.05) is 0 Å². The van der Waals surface area contributed by atoms with Crippen LogP contribution in [-0.4, -0.2) is 6.54 Å². The molecule has 0 radical (unpaired) electrons. The predicted molar refractivity (Wildman–Crippen MR) is 85.5 cm³/mol. The van der Waals surface area contributed by atoms with Gasteiger partial charge in [-0.3, -0.25) is 0 Å². The maximum Gasteiger partial charge on any atom is 0.0205 e. The smallest absolute Gasteiger partial charge is 0.0205 e. The van der Waals surface area contributed by atoms with Gasteiger partial charge in [-0.15, -0.1) is 0 Å². The Balaban J connectivity index is 1.46. The van der Waals surface area contributed by atoms with Crippen molar-refractivity contribution in [2.75, 3.05) is 6.54 Å². The van der Waals surface area contributed by atoms with E-state index < -0.39 is 0 Å². The second kappa shape index (κ2) is 6.71. The van der Waals surface area contributed by atoms with Gasteiger partial charge in [0, 0.05) is 6.54 Å². The van der Waals surface area contributed by atoms with Crippen LogP contribution in [0.4, 0.5) is 0 Å². The molecule has 1 N–H and O–H groups in total. The Hall–Kier alpha value is -1.60. The maximum atomic E-state index is 3.54. The largest absolute Gasteiger partial charge is 0.313 e. The Morgan fingerprint density at radius 3 is 2.25 bits per heavy atom. The lowest BCUT2D eigenvalue weighted by Gasteiger charge is -2.06. The average Bonchev–Trinajstić information content (AvgIpc) is 3.33. The lowest BCUT2D eigenvalue weighted by Crippen LogP contribution is -2.14. The van der Waals surface area contributed by atoms with Crippen LogP contribution >= 0.6 is 0 Å². The Morgan fingerprint density at radius 2 is 1.55 bits per heavy atom. The van der Waals surface area contributed by atoms with E-state index in [4.69, 9.17) is 0 Å². The van der Waals surface area contributed by atoms with Gasteiger partial charge in [0.05, 0.1) is 0 Å². The molecule has 1 saturated carbocycles. The molecule has 0 atom stereocenters. The van der Waals surface area contributed by atoms with Gasteiger partial charge in [-0.2, -0.15) is 0 Å². The topological polar surface area (TPSA) is 12.0 Å². The van der Waals surface area contributed by atoms with E-state index in [0.29, 0.717) is 0 Å². The van der Waals surface area contributed by atoms with Crippen LogP contribution in [0.15, 0.2) is 54.6 Å². The van der Waals surface area contributed by atoms with Crippen LogP contribution in [0.3, 0.4) is 0 Å². The Kier molecular flexibility index (Phi) is 4.49. The van der Waals surface area contributed by atoms with Crippen LogP contribution in [0, 0.1) is 5.92 Å². The summed E-state index contributed by atoms with van der Waals surface area (Å²) in [5, 5.41) is 3.54. The molecule has 1 aliphatic carbocycles. The third kappa shape index (κ3) is 3.94. The molecule has 0 amide bonds. The van der Waals surface area contributed by atoms with Gasteiger partial charge in [0.15, 0.2) is 0 Å². The standard InChI is InChI=1S/C19H23N/c1-2-6-18(7-3-1)19-12-10-17(11-13-19)15-20-14-4-5-16-8-9-16/h1-3,6-7,10-13,16,20H,4-5,8-9,14-15H2. The van der Waals surface area contributed by atoms with Crippen LogP contribution < -0.4 is 5.32 Å². The molecular formula is C19H23N. The van der Waals surface area contributed by atoms with Crippen molar-refractivity contribution in [2.45, 2.75) is 32.2 Å². The lowest BCUT2D eigenvalue weighted by molar-refractivity contribution is 0.594. The van der Waals surface area contributed by atoms with E-state index >= 15 is 0 Å². The number of nitrogens with one attached hydrogen (secondary N) is 1. The van der Waals surface area contributed by atoms with Crippen LogP contribution in [0.2, 0.25) is 0 Å². The van der Waals surface area contributed by atoms with Gasteiger partial charge in [-0.25, -0.2) is 0 Å². The Bertz CT molecular complexity index is 511.